The molecular weight excluding hydrogens is 435 g/mol. The summed E-state index contributed by atoms with van der Waals surface area (Å²) in [6, 6.07) is 4.11. The number of nitrogens with one attached hydrogen (secondary N) is 3. The first-order valence-corrected chi connectivity index (χ1v) is 17.0. The minimum absolute atomic E-state index is 0.685. The van der Waals surface area contributed by atoms with Crippen molar-refractivity contribution < 1.29 is 0 Å². The smallest absolute Gasteiger partial charge is 0.122 e. The van der Waals surface area contributed by atoms with Gasteiger partial charge in [-0.15, -0.1) is 28.0 Å². The molecule has 7 heterocycles. The van der Waals surface area contributed by atoms with Gasteiger partial charge in [0, 0.05) is 14.6 Å². The van der Waals surface area contributed by atoms with Gasteiger partial charge in [0.05, 0.1) is 75.5 Å². The molecule has 0 aliphatic carbocycles. The fraction of sp³-hybridized carbons (Fsp3) is 1.00. The molecule has 7 rings (SSSR count). The van der Waals surface area contributed by atoms with Crippen molar-refractivity contribution in [1.29, 1.82) is 0 Å². The normalized spacial score (nSPS) is 70.2. The zero-order chi connectivity index (χ0) is 20.8. The van der Waals surface area contributed by atoms with Crippen molar-refractivity contribution >= 4 is 23.6 Å². The summed E-state index contributed by atoms with van der Waals surface area (Å²) in [6.07, 6.45) is 0. The molecule has 12 heteroatoms. The van der Waals surface area contributed by atoms with Gasteiger partial charge >= 0.3 is 23.6 Å². The number of hydrogen-bond acceptors (Lipinski definition) is 9. The van der Waals surface area contributed by atoms with Crippen molar-refractivity contribution in [3.05, 3.63) is 0 Å². The van der Waals surface area contributed by atoms with Gasteiger partial charge in [-0.05, 0) is 41.5 Å². The maximum atomic E-state index is 4.48. The monoisotopic (exact) mass is 474 g/mol. The lowest BCUT2D eigenvalue weighted by molar-refractivity contribution is 0.598. The summed E-state index contributed by atoms with van der Waals surface area (Å²) < 4.78 is 16.9. The van der Waals surface area contributed by atoms with Crippen molar-refractivity contribution in [2.24, 2.45) is 0 Å². The van der Waals surface area contributed by atoms with Gasteiger partial charge in [-0.1, -0.05) is 0 Å². The predicted molar refractivity (Wildman–Crippen MR) is 127 cm³/mol. The summed E-state index contributed by atoms with van der Waals surface area (Å²) in [5.74, 6) is 0. The molecule has 12 atom stereocenters. The van der Waals surface area contributed by atoms with E-state index in [1.165, 1.54) is 39.3 Å². The third kappa shape index (κ3) is 2.73. The van der Waals surface area contributed by atoms with Crippen LogP contribution in [0.15, 0.2) is 0 Å². The molecule has 0 bridgehead atoms. The van der Waals surface area contributed by atoms with Crippen LogP contribution in [0.2, 0.25) is 0 Å². The number of rotatable bonds is 6. The van der Waals surface area contributed by atoms with Gasteiger partial charge in [0.15, 0.2) is 0 Å². The third-order valence-corrected chi connectivity index (χ3v) is 22.5. The Hall–Kier alpha value is 0.930. The van der Waals surface area contributed by atoms with E-state index in [1.807, 2.05) is 0 Å². The molecule has 168 valence electrons. The second-order valence-electron chi connectivity index (χ2n) is 10.9. The number of hydrogen-bond donors (Lipinski definition) is 3. The average molecular weight is 474 g/mol. The largest absolute Gasteiger partial charge is 0.380 e. The zero-order valence-corrected chi connectivity index (χ0v) is 21.9. The highest BCUT2D eigenvalue weighted by Crippen LogP contribution is 2.91. The summed E-state index contributed by atoms with van der Waals surface area (Å²) in [5, 5.41) is 0. The van der Waals surface area contributed by atoms with Crippen LogP contribution in [-0.4, -0.2) is 104 Å². The number of nitrogens with zero attached hydrogens (tertiary/aromatic N) is 6. The van der Waals surface area contributed by atoms with Crippen molar-refractivity contribution in [3.8, 4) is 0 Å². The first-order valence-electron chi connectivity index (χ1n) is 11.9. The molecule has 12 unspecified atom stereocenters. The van der Waals surface area contributed by atoms with E-state index in [4.69, 9.17) is 0 Å². The SMILES string of the molecule is CC1CN1[P+]1(N2CC2C)N[P+](N2CC2C)(N2CC2C)N[P+](N2CC2C)(N2CC2C)N1. The second-order valence-corrected chi connectivity index (χ2v) is 20.0. The minimum Gasteiger partial charge on any atom is -0.122 e. The van der Waals surface area contributed by atoms with Gasteiger partial charge < -0.3 is 0 Å². The Labute approximate surface area is 183 Å². The molecule has 0 amide bonds. The molecule has 7 saturated heterocycles. The van der Waals surface area contributed by atoms with E-state index in [0.717, 1.165) is 0 Å². The Bertz CT molecular complexity index is 626. The van der Waals surface area contributed by atoms with Gasteiger partial charge in [-0.3, -0.25) is 0 Å². The molecule has 30 heavy (non-hydrogen) atoms. The molecule has 7 aliphatic rings. The van der Waals surface area contributed by atoms with Gasteiger partial charge in [0.1, 0.15) is 0 Å². The maximum absolute atomic E-state index is 4.48. The lowest BCUT2D eigenvalue weighted by atomic mass is 10.6. The zero-order valence-electron chi connectivity index (χ0n) is 19.2. The Morgan fingerprint density at radius 3 is 0.633 bits per heavy atom. The predicted octanol–water partition coefficient (Wildman–Crippen LogP) is 2.03. The molecule has 0 saturated carbocycles. The maximum Gasteiger partial charge on any atom is 0.380 e. The fourth-order valence-electron chi connectivity index (χ4n) is 5.54. The Morgan fingerprint density at radius 1 is 0.400 bits per heavy atom. The van der Waals surface area contributed by atoms with Gasteiger partial charge in [0.25, 0.3) is 0 Å². The van der Waals surface area contributed by atoms with Crippen LogP contribution < -0.4 is 14.6 Å². The van der Waals surface area contributed by atoms with E-state index in [0.29, 0.717) is 36.3 Å². The fourth-order valence-corrected chi connectivity index (χ4v) is 24.6. The molecular formula is C18H39N9P3+3. The van der Waals surface area contributed by atoms with E-state index in [1.54, 1.807) is 0 Å². The third-order valence-electron chi connectivity index (χ3n) is 8.03. The summed E-state index contributed by atoms with van der Waals surface area (Å²) in [4.78, 5) is 13.4. The van der Waals surface area contributed by atoms with E-state index >= 15 is 0 Å². The van der Waals surface area contributed by atoms with Crippen LogP contribution in [0.25, 0.3) is 0 Å². The van der Waals surface area contributed by atoms with E-state index < -0.39 is 23.6 Å². The van der Waals surface area contributed by atoms with Crippen LogP contribution in [0.1, 0.15) is 41.5 Å². The van der Waals surface area contributed by atoms with E-state index in [-0.39, 0.29) is 0 Å². The highest BCUT2D eigenvalue weighted by atomic mass is 31.3. The molecule has 7 fully saturated rings. The van der Waals surface area contributed by atoms with E-state index in [2.05, 4.69) is 84.1 Å². The molecule has 0 radical (unpaired) electrons. The van der Waals surface area contributed by atoms with Crippen LogP contribution in [0, 0.1) is 0 Å². The van der Waals surface area contributed by atoms with Crippen molar-refractivity contribution in [1.82, 2.24) is 42.6 Å². The lowest BCUT2D eigenvalue weighted by Gasteiger charge is -2.43. The van der Waals surface area contributed by atoms with Crippen LogP contribution in [0.4, 0.5) is 0 Å². The molecule has 7 aliphatic heterocycles. The Balaban J connectivity index is 1.38. The quantitative estimate of drug-likeness (QED) is 0.397. The molecule has 0 aromatic rings. The molecule has 9 nitrogen and oxygen atoms in total. The van der Waals surface area contributed by atoms with Gasteiger partial charge in [0.2, 0.25) is 0 Å². The Morgan fingerprint density at radius 2 is 0.533 bits per heavy atom. The standard InChI is InChI=1S/C18H39N9P3/c1-13-7-22(13)28(23-8-14(23)2)19-29(24-9-15(24)3,25-10-16(25)4)21-30(20-28,26-11-17(26)5)27-12-18(27)6/h13-21H,7-12H2,1-6H3/q+3. The molecule has 3 N–H and O–H groups in total. The molecule has 0 aromatic heterocycles. The topological polar surface area (TPSA) is 54.1 Å². The van der Waals surface area contributed by atoms with Crippen molar-refractivity contribution in [3.63, 3.8) is 0 Å². The Kier molecular flexibility index (Phi) is 4.15. The average Bonchev–Trinajstić information content (AvgIpc) is 3.48. The lowest BCUT2D eigenvalue weighted by Crippen LogP contribution is -2.55. The van der Waals surface area contributed by atoms with Crippen LogP contribution in [0.3, 0.4) is 0 Å². The van der Waals surface area contributed by atoms with E-state index in [9.17, 15) is 0 Å². The summed E-state index contributed by atoms with van der Waals surface area (Å²) in [5.41, 5.74) is 0. The highest BCUT2D eigenvalue weighted by molar-refractivity contribution is 7.97. The van der Waals surface area contributed by atoms with Crippen LogP contribution in [0.5, 0.6) is 0 Å². The summed E-state index contributed by atoms with van der Waals surface area (Å²) in [7, 11) is -5.38. The van der Waals surface area contributed by atoms with Crippen molar-refractivity contribution in [2.45, 2.75) is 77.8 Å². The summed E-state index contributed by atoms with van der Waals surface area (Å²) in [6.45, 7) is 21.9. The first-order chi connectivity index (χ1) is 14.2. The molecule has 0 aromatic carbocycles. The highest BCUT2D eigenvalue weighted by Gasteiger charge is 2.91. The van der Waals surface area contributed by atoms with Gasteiger partial charge in [-0.2, -0.15) is 0 Å². The van der Waals surface area contributed by atoms with Gasteiger partial charge in [-0.25, -0.2) is 0 Å². The summed E-state index contributed by atoms with van der Waals surface area (Å²) >= 11 is 0. The first kappa shape index (κ1) is 20.3. The minimum atomic E-state index is -1.79. The second kappa shape index (κ2) is 6.13. The van der Waals surface area contributed by atoms with Crippen LogP contribution >= 0.6 is 23.6 Å². The van der Waals surface area contributed by atoms with Crippen molar-refractivity contribution in [2.75, 3.05) is 39.3 Å². The molecule has 0 spiro atoms. The van der Waals surface area contributed by atoms with Crippen LogP contribution in [-0.2, 0) is 0 Å².